The van der Waals surface area contributed by atoms with Gasteiger partial charge in [-0.25, -0.2) is 13.1 Å². The van der Waals surface area contributed by atoms with E-state index in [0.29, 0.717) is 26.2 Å². The summed E-state index contributed by atoms with van der Waals surface area (Å²) in [4.78, 5) is 2.21. The maximum atomic E-state index is 11.7. The maximum absolute atomic E-state index is 11.7. The summed E-state index contributed by atoms with van der Waals surface area (Å²) >= 11 is 3.62. The number of piperazine rings is 1. The Morgan fingerprint density at radius 1 is 0.897 bits per heavy atom. The van der Waals surface area contributed by atoms with Crippen LogP contribution in [0.5, 0.6) is 0 Å². The number of aryl methyl sites for hydroxylation is 2. The van der Waals surface area contributed by atoms with Gasteiger partial charge in [0.05, 0.1) is 11.9 Å². The number of sulfonamides is 1. The first-order chi connectivity index (χ1) is 13.7. The highest BCUT2D eigenvalue weighted by molar-refractivity contribution is 9.10. The topological polar surface area (TPSA) is 63.4 Å². The van der Waals surface area contributed by atoms with Gasteiger partial charge in [0, 0.05) is 49.3 Å². The first kappa shape index (κ1) is 20.2. The average Bonchev–Trinajstić information content (AvgIpc) is 3.23. The van der Waals surface area contributed by atoms with E-state index in [2.05, 4.69) is 63.5 Å². The number of aromatic nitrogens is 3. The lowest BCUT2D eigenvalue weighted by atomic mass is 10.2. The molecule has 0 saturated carbocycles. The molecular weight excluding hydrogens is 454 g/mol. The summed E-state index contributed by atoms with van der Waals surface area (Å²) in [6.07, 6.45) is 1.27. The van der Waals surface area contributed by atoms with Gasteiger partial charge in [-0.2, -0.15) is 4.31 Å². The number of hydrogen-bond acceptors (Lipinski definition) is 4. The van der Waals surface area contributed by atoms with Gasteiger partial charge < -0.3 is 9.47 Å². The summed E-state index contributed by atoms with van der Waals surface area (Å²) in [5.74, 6) is 0.873. The molecule has 2 aromatic heterocycles. The first-order valence-electron chi connectivity index (χ1n) is 9.45. The van der Waals surface area contributed by atoms with Crippen LogP contribution in [0.15, 0.2) is 47.1 Å². The van der Waals surface area contributed by atoms with E-state index in [0.717, 1.165) is 33.2 Å². The molecule has 1 fully saturated rings. The molecule has 1 aliphatic rings. The predicted molar refractivity (Wildman–Crippen MR) is 119 cm³/mol. The highest BCUT2D eigenvalue weighted by atomic mass is 79.9. The van der Waals surface area contributed by atoms with Crippen LogP contribution in [-0.2, 0) is 10.0 Å². The summed E-state index contributed by atoms with van der Waals surface area (Å²) in [5, 5.41) is 4.77. The van der Waals surface area contributed by atoms with Gasteiger partial charge in [0.1, 0.15) is 4.60 Å². The normalized spacial score (nSPS) is 15.8. The lowest BCUT2D eigenvalue weighted by molar-refractivity contribution is 0.388. The molecule has 3 aromatic rings. The molecule has 0 unspecified atom stereocenters. The van der Waals surface area contributed by atoms with Crippen molar-refractivity contribution in [2.45, 2.75) is 13.8 Å². The summed E-state index contributed by atoms with van der Waals surface area (Å²) < 4.78 is 29.8. The molecule has 7 nitrogen and oxygen atoms in total. The molecule has 1 saturated heterocycles. The van der Waals surface area contributed by atoms with Gasteiger partial charge in [0.2, 0.25) is 10.0 Å². The fraction of sp³-hybridized carbons (Fsp3) is 0.350. The molecule has 0 amide bonds. The van der Waals surface area contributed by atoms with Crippen LogP contribution in [0.1, 0.15) is 11.4 Å². The third kappa shape index (κ3) is 3.99. The van der Waals surface area contributed by atoms with Crippen LogP contribution in [0, 0.1) is 13.8 Å². The van der Waals surface area contributed by atoms with E-state index in [4.69, 9.17) is 5.10 Å². The minimum atomic E-state index is -3.11. The molecule has 0 radical (unpaired) electrons. The number of nitrogens with zero attached hydrogens (tertiary/aromatic N) is 5. The Bertz CT molecular complexity index is 1110. The van der Waals surface area contributed by atoms with Crippen molar-refractivity contribution in [2.24, 2.45) is 0 Å². The SMILES string of the molecule is Cc1ccc(C)n1-c1cc(Br)n(-c2ccc(N3CCN(S(C)(=O)=O)CC3)cc2)n1. The smallest absolute Gasteiger partial charge is 0.211 e. The van der Waals surface area contributed by atoms with Crippen molar-refractivity contribution in [3.05, 3.63) is 58.5 Å². The number of rotatable bonds is 4. The molecule has 0 bridgehead atoms. The van der Waals surface area contributed by atoms with Crippen molar-refractivity contribution in [1.29, 1.82) is 0 Å². The largest absolute Gasteiger partial charge is 0.369 e. The van der Waals surface area contributed by atoms with Crippen molar-refractivity contribution in [2.75, 3.05) is 37.3 Å². The Morgan fingerprint density at radius 2 is 1.45 bits per heavy atom. The molecule has 29 heavy (non-hydrogen) atoms. The zero-order valence-electron chi connectivity index (χ0n) is 16.7. The average molecular weight is 478 g/mol. The van der Waals surface area contributed by atoms with E-state index >= 15 is 0 Å². The molecule has 1 aliphatic heterocycles. The Morgan fingerprint density at radius 3 is 2.00 bits per heavy atom. The van der Waals surface area contributed by atoms with E-state index < -0.39 is 10.0 Å². The third-order valence-corrected chi connectivity index (χ3v) is 7.19. The monoisotopic (exact) mass is 477 g/mol. The van der Waals surface area contributed by atoms with Gasteiger partial charge in [-0.1, -0.05) is 0 Å². The van der Waals surface area contributed by atoms with Crippen LogP contribution in [0.2, 0.25) is 0 Å². The highest BCUT2D eigenvalue weighted by Gasteiger charge is 2.23. The van der Waals surface area contributed by atoms with Crippen LogP contribution in [0.25, 0.3) is 11.5 Å². The van der Waals surface area contributed by atoms with Gasteiger partial charge >= 0.3 is 0 Å². The van der Waals surface area contributed by atoms with Gasteiger partial charge in [-0.15, -0.1) is 5.10 Å². The second-order valence-electron chi connectivity index (χ2n) is 7.35. The van der Waals surface area contributed by atoms with Crippen molar-refractivity contribution < 1.29 is 8.42 Å². The molecule has 154 valence electrons. The first-order valence-corrected chi connectivity index (χ1v) is 12.1. The Labute approximate surface area is 179 Å². The Kier molecular flexibility index (Phi) is 5.30. The van der Waals surface area contributed by atoms with E-state index in [1.165, 1.54) is 10.6 Å². The number of halogens is 1. The third-order valence-electron chi connectivity index (χ3n) is 5.32. The Balaban J connectivity index is 1.53. The molecule has 1 aromatic carbocycles. The second kappa shape index (κ2) is 7.62. The fourth-order valence-electron chi connectivity index (χ4n) is 3.75. The predicted octanol–water partition coefficient (Wildman–Crippen LogP) is 3.12. The van der Waals surface area contributed by atoms with Crippen LogP contribution in [0.4, 0.5) is 5.69 Å². The van der Waals surface area contributed by atoms with E-state index in [1.807, 2.05) is 22.9 Å². The molecule has 3 heterocycles. The molecule has 0 aliphatic carbocycles. The minimum absolute atomic E-state index is 0.518. The van der Waals surface area contributed by atoms with E-state index in [9.17, 15) is 8.42 Å². The van der Waals surface area contributed by atoms with Crippen molar-refractivity contribution in [3.63, 3.8) is 0 Å². The number of benzene rings is 1. The lowest BCUT2D eigenvalue weighted by Crippen LogP contribution is -2.48. The van der Waals surface area contributed by atoms with Crippen molar-refractivity contribution >= 4 is 31.6 Å². The van der Waals surface area contributed by atoms with Crippen LogP contribution < -0.4 is 4.90 Å². The quantitative estimate of drug-likeness (QED) is 0.578. The fourth-order valence-corrected chi connectivity index (χ4v) is 5.06. The van der Waals surface area contributed by atoms with E-state index in [1.54, 1.807) is 0 Å². The van der Waals surface area contributed by atoms with Gasteiger partial charge in [-0.3, -0.25) is 0 Å². The van der Waals surface area contributed by atoms with Crippen LogP contribution in [-0.4, -0.2) is 59.5 Å². The number of anilines is 1. The van der Waals surface area contributed by atoms with E-state index in [-0.39, 0.29) is 0 Å². The van der Waals surface area contributed by atoms with Crippen LogP contribution >= 0.6 is 15.9 Å². The molecule has 0 spiro atoms. The molecule has 9 heteroatoms. The number of hydrogen-bond donors (Lipinski definition) is 0. The molecular formula is C20H24BrN5O2S. The zero-order chi connectivity index (χ0) is 20.8. The van der Waals surface area contributed by atoms with Crippen molar-refractivity contribution in [3.8, 4) is 11.5 Å². The minimum Gasteiger partial charge on any atom is -0.369 e. The van der Waals surface area contributed by atoms with Gasteiger partial charge in [0.15, 0.2) is 5.82 Å². The Hall–Kier alpha value is -2.10. The van der Waals surface area contributed by atoms with Crippen molar-refractivity contribution in [1.82, 2.24) is 18.7 Å². The maximum Gasteiger partial charge on any atom is 0.211 e. The summed E-state index contributed by atoms with van der Waals surface area (Å²) in [5.41, 5.74) is 4.33. The molecule has 0 atom stereocenters. The van der Waals surface area contributed by atoms with Crippen LogP contribution in [0.3, 0.4) is 0 Å². The molecule has 4 rings (SSSR count). The van der Waals surface area contributed by atoms with Gasteiger partial charge in [-0.05, 0) is 66.2 Å². The summed E-state index contributed by atoms with van der Waals surface area (Å²) in [6.45, 7) is 6.55. The standard InChI is InChI=1S/C20H24BrN5O2S/c1-15-4-5-16(2)25(15)20-14-19(21)26(22-20)18-8-6-17(7-9-18)23-10-12-24(13-11-23)29(3,27)28/h4-9,14H,10-13H2,1-3H3. The summed E-state index contributed by atoms with van der Waals surface area (Å²) in [6, 6.07) is 14.4. The molecule has 0 N–H and O–H groups in total. The van der Waals surface area contributed by atoms with Gasteiger partial charge in [0.25, 0.3) is 0 Å². The lowest BCUT2D eigenvalue weighted by Gasteiger charge is -2.34. The highest BCUT2D eigenvalue weighted by Crippen LogP contribution is 2.25. The summed E-state index contributed by atoms with van der Waals surface area (Å²) in [7, 11) is -3.11. The second-order valence-corrected chi connectivity index (χ2v) is 10.1. The zero-order valence-corrected chi connectivity index (χ0v) is 19.1.